The second-order valence-electron chi connectivity index (χ2n) is 1.97. The second-order valence-corrected chi connectivity index (χ2v) is 1.97. The van der Waals surface area contributed by atoms with Crippen LogP contribution in [0.15, 0.2) is 40.9 Å². The van der Waals surface area contributed by atoms with Crippen molar-refractivity contribution in [3.8, 4) is 0 Å². The zero-order chi connectivity index (χ0) is 6.81. The molecule has 0 aromatic heterocycles. The molecule has 1 aliphatic carbocycles. The molecule has 0 unspecified atom stereocenters. The predicted octanol–water partition coefficient (Wildman–Crippen LogP) is 0.887. The van der Waals surface area contributed by atoms with E-state index in [2.05, 4.69) is 10.5 Å². The minimum absolute atomic E-state index is 0.699. The lowest BCUT2D eigenvalue weighted by Crippen LogP contribution is -2.00. The molecule has 0 amide bonds. The van der Waals surface area contributed by atoms with Crippen LogP contribution in [0.25, 0.3) is 0 Å². The summed E-state index contributed by atoms with van der Waals surface area (Å²) in [7, 11) is 0. The van der Waals surface area contributed by atoms with Crippen molar-refractivity contribution in [3.05, 3.63) is 35.8 Å². The van der Waals surface area contributed by atoms with Crippen molar-refractivity contribution < 1.29 is 4.74 Å². The van der Waals surface area contributed by atoms with E-state index < -0.39 is 0 Å². The van der Waals surface area contributed by atoms with E-state index in [9.17, 15) is 0 Å². The Kier molecular flexibility index (Phi) is 1.07. The molecular weight excluding hydrogens is 128 g/mol. The number of nitrogens with zero attached hydrogens (tertiary/aromatic N) is 1. The molecule has 3 heteroatoms. The first-order valence-electron chi connectivity index (χ1n) is 3.00. The third-order valence-electron chi connectivity index (χ3n) is 1.31. The second kappa shape index (κ2) is 2.02. The highest BCUT2D eigenvalue weighted by molar-refractivity contribution is 5.53. The molecule has 0 saturated heterocycles. The Bertz CT molecular complexity index is 237. The van der Waals surface area contributed by atoms with Crippen molar-refractivity contribution >= 4 is 6.40 Å². The number of rotatable bonds is 0. The molecule has 2 aliphatic rings. The first-order valence-corrected chi connectivity index (χ1v) is 3.00. The van der Waals surface area contributed by atoms with E-state index in [0.717, 1.165) is 5.57 Å². The molecule has 50 valence electrons. The molecule has 0 aromatic rings. The zero-order valence-electron chi connectivity index (χ0n) is 5.24. The fourth-order valence-corrected chi connectivity index (χ4v) is 0.848. The van der Waals surface area contributed by atoms with Crippen molar-refractivity contribution in [2.45, 2.75) is 0 Å². The van der Waals surface area contributed by atoms with E-state index in [4.69, 9.17) is 4.74 Å². The lowest BCUT2D eigenvalue weighted by molar-refractivity contribution is 0.426. The third-order valence-corrected chi connectivity index (χ3v) is 1.31. The van der Waals surface area contributed by atoms with Gasteiger partial charge in [-0.15, -0.1) is 5.10 Å². The van der Waals surface area contributed by atoms with Crippen molar-refractivity contribution in [2.24, 2.45) is 5.10 Å². The smallest absolute Gasteiger partial charge is 0.222 e. The summed E-state index contributed by atoms with van der Waals surface area (Å²) in [6, 6.07) is 0. The highest BCUT2D eigenvalue weighted by atomic mass is 16.5. The van der Waals surface area contributed by atoms with E-state index in [-0.39, 0.29) is 0 Å². The lowest BCUT2D eigenvalue weighted by atomic mass is 10.3. The van der Waals surface area contributed by atoms with Gasteiger partial charge in [-0.2, -0.15) is 0 Å². The minimum Gasteiger partial charge on any atom is -0.426 e. The molecule has 0 fully saturated rings. The fourth-order valence-electron chi connectivity index (χ4n) is 0.848. The lowest BCUT2D eigenvalue weighted by Gasteiger charge is -1.96. The third kappa shape index (κ3) is 0.719. The van der Waals surface area contributed by atoms with Gasteiger partial charge in [-0.25, -0.2) is 5.43 Å². The van der Waals surface area contributed by atoms with Gasteiger partial charge in [0, 0.05) is 5.57 Å². The van der Waals surface area contributed by atoms with Crippen molar-refractivity contribution in [1.82, 2.24) is 5.43 Å². The first-order chi connectivity index (χ1) is 4.97. The molecule has 0 saturated carbocycles. The summed E-state index contributed by atoms with van der Waals surface area (Å²) in [6.07, 6.45) is 9.19. The van der Waals surface area contributed by atoms with E-state index in [1.165, 1.54) is 6.40 Å². The number of allylic oxidation sites excluding steroid dienone is 5. The molecule has 1 heterocycles. The molecule has 0 spiro atoms. The van der Waals surface area contributed by atoms with E-state index >= 15 is 0 Å². The Morgan fingerprint density at radius 1 is 1.30 bits per heavy atom. The molecule has 10 heavy (non-hydrogen) atoms. The average molecular weight is 134 g/mol. The highest BCUT2D eigenvalue weighted by Crippen LogP contribution is 2.13. The van der Waals surface area contributed by atoms with E-state index in [0.29, 0.717) is 5.88 Å². The van der Waals surface area contributed by atoms with Gasteiger partial charge in [0.25, 0.3) is 0 Å². The maximum Gasteiger partial charge on any atom is 0.222 e. The number of hydrazone groups is 1. The van der Waals surface area contributed by atoms with Crippen LogP contribution in [0.2, 0.25) is 0 Å². The molecule has 0 atom stereocenters. The van der Waals surface area contributed by atoms with Gasteiger partial charge >= 0.3 is 0 Å². The van der Waals surface area contributed by atoms with Crippen LogP contribution in [-0.2, 0) is 4.74 Å². The quantitative estimate of drug-likeness (QED) is 0.533. The maximum atomic E-state index is 5.01. The normalized spacial score (nSPS) is 20.0. The van der Waals surface area contributed by atoms with Gasteiger partial charge in [-0.3, -0.25) is 0 Å². The molecule has 0 bridgehead atoms. The summed E-state index contributed by atoms with van der Waals surface area (Å²) in [6.45, 7) is 0. The molecule has 0 aromatic carbocycles. The van der Waals surface area contributed by atoms with Crippen LogP contribution in [0.1, 0.15) is 0 Å². The van der Waals surface area contributed by atoms with Crippen molar-refractivity contribution in [3.63, 3.8) is 0 Å². The Labute approximate surface area is 58.4 Å². The van der Waals surface area contributed by atoms with Crippen LogP contribution in [0.4, 0.5) is 0 Å². The van der Waals surface area contributed by atoms with Crippen LogP contribution in [0.3, 0.4) is 0 Å². The largest absolute Gasteiger partial charge is 0.426 e. The van der Waals surface area contributed by atoms with Crippen LogP contribution in [0.5, 0.6) is 0 Å². The van der Waals surface area contributed by atoms with Gasteiger partial charge in [0.15, 0.2) is 0 Å². The number of hydrogen-bond acceptors (Lipinski definition) is 3. The van der Waals surface area contributed by atoms with Crippen LogP contribution in [0, 0.1) is 0 Å². The van der Waals surface area contributed by atoms with E-state index in [1.807, 2.05) is 24.3 Å². The van der Waals surface area contributed by atoms with Gasteiger partial charge in [0.1, 0.15) is 0 Å². The maximum absolute atomic E-state index is 5.01. The summed E-state index contributed by atoms with van der Waals surface area (Å²) in [4.78, 5) is 0. The molecular formula is C7H6N2O. The Morgan fingerprint density at radius 2 is 2.10 bits per heavy atom. The average Bonchev–Trinajstić information content (AvgIpc) is 2.59. The van der Waals surface area contributed by atoms with Gasteiger partial charge in [-0.1, -0.05) is 12.2 Å². The van der Waals surface area contributed by atoms with Gasteiger partial charge in [0.2, 0.25) is 12.3 Å². The van der Waals surface area contributed by atoms with Crippen LogP contribution < -0.4 is 5.43 Å². The Balaban J connectivity index is 2.29. The SMILES string of the molecule is C1=CC(=C2NN=CO2)C=C1. The van der Waals surface area contributed by atoms with Crippen LogP contribution in [-0.4, -0.2) is 6.40 Å². The molecule has 2 rings (SSSR count). The van der Waals surface area contributed by atoms with Gasteiger partial charge in [-0.05, 0) is 12.2 Å². The van der Waals surface area contributed by atoms with Crippen molar-refractivity contribution in [2.75, 3.05) is 0 Å². The summed E-state index contributed by atoms with van der Waals surface area (Å²) < 4.78 is 5.01. The topological polar surface area (TPSA) is 33.6 Å². The van der Waals surface area contributed by atoms with Gasteiger partial charge < -0.3 is 4.74 Å². The number of nitrogens with one attached hydrogen (secondary N) is 1. The minimum atomic E-state index is 0.699. The number of ether oxygens (including phenoxy) is 1. The van der Waals surface area contributed by atoms with Gasteiger partial charge in [0.05, 0.1) is 0 Å². The van der Waals surface area contributed by atoms with Crippen LogP contribution >= 0.6 is 0 Å². The Hall–Kier alpha value is -1.51. The monoisotopic (exact) mass is 134 g/mol. The van der Waals surface area contributed by atoms with Crippen molar-refractivity contribution in [1.29, 1.82) is 0 Å². The molecule has 1 N–H and O–H groups in total. The molecule has 1 aliphatic heterocycles. The Morgan fingerprint density at radius 3 is 2.70 bits per heavy atom. The highest BCUT2D eigenvalue weighted by Gasteiger charge is 2.06. The fraction of sp³-hybridized carbons (Fsp3) is 0. The summed E-state index contributed by atoms with van der Waals surface area (Å²) in [5.41, 5.74) is 3.75. The summed E-state index contributed by atoms with van der Waals surface area (Å²) >= 11 is 0. The van der Waals surface area contributed by atoms with E-state index in [1.54, 1.807) is 0 Å². The first kappa shape index (κ1) is 5.29. The predicted molar refractivity (Wildman–Crippen MR) is 38.0 cm³/mol. The molecule has 0 radical (unpaired) electrons. The zero-order valence-corrected chi connectivity index (χ0v) is 5.24. The molecule has 3 nitrogen and oxygen atoms in total. The number of hydrogen-bond donors (Lipinski definition) is 1. The summed E-state index contributed by atoms with van der Waals surface area (Å²) in [5, 5.41) is 3.69. The summed E-state index contributed by atoms with van der Waals surface area (Å²) in [5.74, 6) is 0.699. The standard InChI is InChI=1S/C7H6N2O/c1-2-4-6(3-1)7-9-8-5-10-7/h1-5,9H.